The molecule has 0 saturated heterocycles. The second-order valence-electron chi connectivity index (χ2n) is 3.09. The van der Waals surface area contributed by atoms with Crippen LogP contribution in [0.1, 0.15) is 18.9 Å². The van der Waals surface area contributed by atoms with Crippen LogP contribution in [0.5, 0.6) is 0 Å². The van der Waals surface area contributed by atoms with Crippen molar-refractivity contribution in [1.29, 1.82) is 0 Å². The average molecular weight is 242 g/mol. The minimum absolute atomic E-state index is 0.713. The number of rotatable bonds is 4. The van der Waals surface area contributed by atoms with Gasteiger partial charge < -0.3 is 5.32 Å². The standard InChI is InChI=1S/C12H13Cl2N/c1-2-3-4-7-15-9-10-8-11(13)5-6-12(10)14/h5-6,8,15H,4,7,9H2,1H3. The van der Waals surface area contributed by atoms with Crippen LogP contribution in [0.2, 0.25) is 10.0 Å². The molecule has 0 atom stereocenters. The Bertz CT molecular complexity index is 377. The van der Waals surface area contributed by atoms with Gasteiger partial charge in [-0.1, -0.05) is 23.2 Å². The fourth-order valence-electron chi connectivity index (χ4n) is 1.18. The molecule has 0 saturated carbocycles. The SMILES string of the molecule is CC#CCCNCc1cc(Cl)ccc1Cl. The van der Waals surface area contributed by atoms with Crippen LogP contribution in [0, 0.1) is 11.8 Å². The molecule has 0 bridgehead atoms. The summed E-state index contributed by atoms with van der Waals surface area (Å²) in [6.07, 6.45) is 0.856. The second-order valence-corrected chi connectivity index (χ2v) is 3.93. The molecule has 1 nitrogen and oxygen atoms in total. The quantitative estimate of drug-likeness (QED) is 0.629. The summed E-state index contributed by atoms with van der Waals surface area (Å²) >= 11 is 11.9. The highest BCUT2D eigenvalue weighted by molar-refractivity contribution is 6.33. The first-order valence-electron chi connectivity index (χ1n) is 4.78. The third kappa shape index (κ3) is 4.57. The Balaban J connectivity index is 2.42. The molecular formula is C12H13Cl2N. The molecule has 0 fully saturated rings. The van der Waals surface area contributed by atoms with E-state index in [-0.39, 0.29) is 0 Å². The molecule has 0 heterocycles. The Kier molecular flexibility index (Phi) is 5.57. The summed E-state index contributed by atoms with van der Waals surface area (Å²) in [6.45, 7) is 3.43. The molecular weight excluding hydrogens is 229 g/mol. The maximum atomic E-state index is 6.01. The molecule has 0 unspecified atom stereocenters. The lowest BCUT2D eigenvalue weighted by atomic mass is 10.2. The van der Waals surface area contributed by atoms with Crippen LogP contribution in [0.15, 0.2) is 18.2 Å². The number of halogens is 2. The van der Waals surface area contributed by atoms with Crippen LogP contribution in [-0.4, -0.2) is 6.54 Å². The second kappa shape index (κ2) is 6.74. The van der Waals surface area contributed by atoms with Crippen molar-refractivity contribution in [3.63, 3.8) is 0 Å². The van der Waals surface area contributed by atoms with E-state index in [0.29, 0.717) is 5.02 Å². The smallest absolute Gasteiger partial charge is 0.0451 e. The zero-order valence-electron chi connectivity index (χ0n) is 8.61. The molecule has 0 aliphatic heterocycles. The van der Waals surface area contributed by atoms with E-state index >= 15 is 0 Å². The van der Waals surface area contributed by atoms with Crippen molar-refractivity contribution in [2.75, 3.05) is 6.54 Å². The fraction of sp³-hybridized carbons (Fsp3) is 0.333. The van der Waals surface area contributed by atoms with Crippen LogP contribution < -0.4 is 5.32 Å². The van der Waals surface area contributed by atoms with E-state index in [1.54, 1.807) is 6.07 Å². The largest absolute Gasteiger partial charge is 0.312 e. The van der Waals surface area contributed by atoms with Gasteiger partial charge in [-0.15, -0.1) is 11.8 Å². The summed E-state index contributed by atoms with van der Waals surface area (Å²) in [4.78, 5) is 0. The van der Waals surface area contributed by atoms with Crippen molar-refractivity contribution in [2.45, 2.75) is 19.9 Å². The fourth-order valence-corrected chi connectivity index (χ4v) is 1.56. The lowest BCUT2D eigenvalue weighted by molar-refractivity contribution is 0.701. The van der Waals surface area contributed by atoms with Crippen LogP contribution in [0.4, 0.5) is 0 Å². The van der Waals surface area contributed by atoms with Crippen LogP contribution in [0.3, 0.4) is 0 Å². The van der Waals surface area contributed by atoms with Crippen LogP contribution in [-0.2, 0) is 6.54 Å². The van der Waals surface area contributed by atoms with Gasteiger partial charge in [0.1, 0.15) is 0 Å². The normalized spacial score (nSPS) is 9.53. The van der Waals surface area contributed by atoms with Gasteiger partial charge >= 0.3 is 0 Å². The Morgan fingerprint density at radius 2 is 2.13 bits per heavy atom. The molecule has 1 rings (SSSR count). The third-order valence-electron chi connectivity index (χ3n) is 1.93. The number of hydrogen-bond donors (Lipinski definition) is 1. The van der Waals surface area contributed by atoms with Crippen molar-refractivity contribution >= 4 is 23.2 Å². The van der Waals surface area contributed by atoms with Gasteiger partial charge in [0.05, 0.1) is 0 Å². The molecule has 0 spiro atoms. The maximum Gasteiger partial charge on any atom is 0.0451 e. The molecule has 80 valence electrons. The first-order valence-corrected chi connectivity index (χ1v) is 5.54. The summed E-state index contributed by atoms with van der Waals surface area (Å²) < 4.78 is 0. The van der Waals surface area contributed by atoms with E-state index in [1.165, 1.54) is 0 Å². The molecule has 0 aromatic heterocycles. The third-order valence-corrected chi connectivity index (χ3v) is 2.53. The number of hydrogen-bond acceptors (Lipinski definition) is 1. The molecule has 0 amide bonds. The molecule has 15 heavy (non-hydrogen) atoms. The molecule has 3 heteroatoms. The van der Waals surface area contributed by atoms with Gasteiger partial charge in [0.2, 0.25) is 0 Å². The highest BCUT2D eigenvalue weighted by Crippen LogP contribution is 2.20. The molecule has 0 radical (unpaired) electrons. The van der Waals surface area contributed by atoms with Gasteiger partial charge in [-0.3, -0.25) is 0 Å². The van der Waals surface area contributed by atoms with Gasteiger partial charge in [0.25, 0.3) is 0 Å². The van der Waals surface area contributed by atoms with Gasteiger partial charge in [-0.05, 0) is 30.7 Å². The zero-order valence-corrected chi connectivity index (χ0v) is 10.1. The van der Waals surface area contributed by atoms with Gasteiger partial charge in [0.15, 0.2) is 0 Å². The highest BCUT2D eigenvalue weighted by Gasteiger charge is 2.00. The van der Waals surface area contributed by atoms with E-state index in [1.807, 2.05) is 19.1 Å². The minimum Gasteiger partial charge on any atom is -0.312 e. The van der Waals surface area contributed by atoms with Gasteiger partial charge in [-0.25, -0.2) is 0 Å². The van der Waals surface area contributed by atoms with Crippen molar-refractivity contribution < 1.29 is 0 Å². The molecule has 0 aliphatic carbocycles. The van der Waals surface area contributed by atoms with Crippen molar-refractivity contribution in [3.05, 3.63) is 33.8 Å². The highest BCUT2D eigenvalue weighted by atomic mass is 35.5. The molecule has 0 aliphatic rings. The molecule has 1 N–H and O–H groups in total. The number of nitrogens with one attached hydrogen (secondary N) is 1. The van der Waals surface area contributed by atoms with E-state index < -0.39 is 0 Å². The monoisotopic (exact) mass is 241 g/mol. The summed E-state index contributed by atoms with van der Waals surface area (Å²) in [7, 11) is 0. The van der Waals surface area contributed by atoms with E-state index in [0.717, 1.165) is 30.1 Å². The Morgan fingerprint density at radius 1 is 1.33 bits per heavy atom. The summed E-state index contributed by atoms with van der Waals surface area (Å²) in [6, 6.07) is 5.48. The topological polar surface area (TPSA) is 12.0 Å². The lowest BCUT2D eigenvalue weighted by Crippen LogP contribution is -2.14. The van der Waals surface area contributed by atoms with Crippen molar-refractivity contribution in [1.82, 2.24) is 5.32 Å². The van der Waals surface area contributed by atoms with E-state index in [4.69, 9.17) is 23.2 Å². The summed E-state index contributed by atoms with van der Waals surface area (Å²) in [5.41, 5.74) is 1.02. The molecule has 1 aromatic carbocycles. The Labute approximate surface area is 101 Å². The Morgan fingerprint density at radius 3 is 2.87 bits per heavy atom. The summed E-state index contributed by atoms with van der Waals surface area (Å²) in [5, 5.41) is 4.72. The average Bonchev–Trinajstić information content (AvgIpc) is 2.23. The van der Waals surface area contributed by atoms with Crippen molar-refractivity contribution in [3.8, 4) is 11.8 Å². The van der Waals surface area contributed by atoms with E-state index in [2.05, 4.69) is 17.2 Å². The maximum absolute atomic E-state index is 6.01. The lowest BCUT2D eigenvalue weighted by Gasteiger charge is -2.05. The zero-order chi connectivity index (χ0) is 11.1. The first kappa shape index (κ1) is 12.4. The summed E-state index contributed by atoms with van der Waals surface area (Å²) in [5.74, 6) is 5.84. The minimum atomic E-state index is 0.713. The van der Waals surface area contributed by atoms with Crippen LogP contribution in [0.25, 0.3) is 0 Å². The molecule has 1 aromatic rings. The van der Waals surface area contributed by atoms with Crippen molar-refractivity contribution in [2.24, 2.45) is 0 Å². The van der Waals surface area contributed by atoms with Crippen LogP contribution >= 0.6 is 23.2 Å². The number of benzene rings is 1. The first-order chi connectivity index (χ1) is 7.24. The predicted molar refractivity (Wildman–Crippen MR) is 66.2 cm³/mol. The Hall–Kier alpha value is -0.680. The van der Waals surface area contributed by atoms with E-state index in [9.17, 15) is 0 Å². The predicted octanol–water partition coefficient (Wildman–Crippen LogP) is 3.50. The van der Waals surface area contributed by atoms with Gasteiger partial charge in [0, 0.05) is 29.6 Å². The van der Waals surface area contributed by atoms with Gasteiger partial charge in [-0.2, -0.15) is 0 Å².